The van der Waals surface area contributed by atoms with E-state index in [2.05, 4.69) is 0 Å². The molecule has 0 bridgehead atoms. The van der Waals surface area contributed by atoms with Crippen molar-refractivity contribution in [3.8, 4) is 0 Å². The Kier molecular flexibility index (Phi) is 3.82. The highest BCUT2D eigenvalue weighted by atomic mass is 35.5. The molecule has 2 rings (SSSR count). The van der Waals surface area contributed by atoms with Crippen LogP contribution in [0, 0.1) is 0 Å². The van der Waals surface area contributed by atoms with Gasteiger partial charge in [-0.2, -0.15) is 11.3 Å². The standard InChI is InChI=1S/C13H12ClNOS/c1-15(13(16)11-6-7-17-9-11)8-10-2-4-12(14)5-3-10/h2-7,9H,8H2,1H3. The number of hydrogen-bond acceptors (Lipinski definition) is 2. The molecule has 1 heterocycles. The number of hydrogen-bond donors (Lipinski definition) is 0. The zero-order valence-corrected chi connectivity index (χ0v) is 11.0. The van der Waals surface area contributed by atoms with Crippen LogP contribution in [0.5, 0.6) is 0 Å². The maximum Gasteiger partial charge on any atom is 0.254 e. The summed E-state index contributed by atoms with van der Waals surface area (Å²) < 4.78 is 0. The molecule has 1 amide bonds. The van der Waals surface area contributed by atoms with Crippen LogP contribution >= 0.6 is 22.9 Å². The Morgan fingerprint density at radius 3 is 2.59 bits per heavy atom. The van der Waals surface area contributed by atoms with Crippen LogP contribution in [0.4, 0.5) is 0 Å². The number of carbonyl (C=O) groups is 1. The van der Waals surface area contributed by atoms with Gasteiger partial charge in [-0.1, -0.05) is 23.7 Å². The average Bonchev–Trinajstić information content (AvgIpc) is 2.84. The Hall–Kier alpha value is -1.32. The number of amides is 1. The normalized spacial score (nSPS) is 10.2. The summed E-state index contributed by atoms with van der Waals surface area (Å²) in [6.07, 6.45) is 0. The van der Waals surface area contributed by atoms with Crippen molar-refractivity contribution in [3.05, 3.63) is 57.2 Å². The van der Waals surface area contributed by atoms with Gasteiger partial charge in [0.1, 0.15) is 0 Å². The molecule has 0 radical (unpaired) electrons. The highest BCUT2D eigenvalue weighted by Gasteiger charge is 2.11. The predicted molar refractivity (Wildman–Crippen MR) is 71.6 cm³/mol. The lowest BCUT2D eigenvalue weighted by molar-refractivity contribution is 0.0785. The lowest BCUT2D eigenvalue weighted by Gasteiger charge is -2.16. The number of thiophene rings is 1. The second-order valence-electron chi connectivity index (χ2n) is 3.80. The van der Waals surface area contributed by atoms with E-state index in [1.54, 1.807) is 11.9 Å². The van der Waals surface area contributed by atoms with Gasteiger partial charge < -0.3 is 4.90 Å². The van der Waals surface area contributed by atoms with Crippen molar-refractivity contribution in [2.75, 3.05) is 7.05 Å². The van der Waals surface area contributed by atoms with Crippen LogP contribution in [-0.2, 0) is 6.54 Å². The summed E-state index contributed by atoms with van der Waals surface area (Å²) in [5, 5.41) is 4.48. The Morgan fingerprint density at radius 2 is 2.00 bits per heavy atom. The summed E-state index contributed by atoms with van der Waals surface area (Å²) in [5.41, 5.74) is 1.81. The maximum absolute atomic E-state index is 12.0. The van der Waals surface area contributed by atoms with E-state index in [0.717, 1.165) is 11.1 Å². The molecule has 0 saturated carbocycles. The van der Waals surface area contributed by atoms with Crippen molar-refractivity contribution in [2.24, 2.45) is 0 Å². The molecule has 0 saturated heterocycles. The van der Waals surface area contributed by atoms with Gasteiger partial charge in [0, 0.05) is 24.0 Å². The zero-order valence-electron chi connectivity index (χ0n) is 9.39. The van der Waals surface area contributed by atoms with E-state index in [9.17, 15) is 4.79 Å². The summed E-state index contributed by atoms with van der Waals surface area (Å²) in [7, 11) is 1.80. The summed E-state index contributed by atoms with van der Waals surface area (Å²) in [6.45, 7) is 0.589. The Labute approximate surface area is 109 Å². The monoisotopic (exact) mass is 265 g/mol. The fourth-order valence-electron chi connectivity index (χ4n) is 1.54. The molecule has 0 atom stereocenters. The van der Waals surface area contributed by atoms with E-state index in [4.69, 9.17) is 11.6 Å². The maximum atomic E-state index is 12.0. The Balaban J connectivity index is 2.04. The summed E-state index contributed by atoms with van der Waals surface area (Å²) in [4.78, 5) is 13.7. The Bertz CT molecular complexity index is 493. The van der Waals surface area contributed by atoms with Crippen molar-refractivity contribution in [1.82, 2.24) is 4.90 Å². The van der Waals surface area contributed by atoms with Gasteiger partial charge in [0.15, 0.2) is 0 Å². The van der Waals surface area contributed by atoms with E-state index in [-0.39, 0.29) is 5.91 Å². The van der Waals surface area contributed by atoms with Crippen LogP contribution in [0.25, 0.3) is 0 Å². The van der Waals surface area contributed by atoms with Gasteiger partial charge in [0.25, 0.3) is 5.91 Å². The quantitative estimate of drug-likeness (QED) is 0.829. The molecule has 0 aliphatic rings. The highest BCUT2D eigenvalue weighted by molar-refractivity contribution is 7.08. The van der Waals surface area contributed by atoms with Crippen molar-refractivity contribution in [1.29, 1.82) is 0 Å². The molecule has 0 fully saturated rings. The first kappa shape index (κ1) is 12.1. The largest absolute Gasteiger partial charge is 0.337 e. The summed E-state index contributed by atoms with van der Waals surface area (Å²) in [5.74, 6) is 0.0428. The SMILES string of the molecule is CN(Cc1ccc(Cl)cc1)C(=O)c1ccsc1. The van der Waals surface area contributed by atoms with E-state index in [1.165, 1.54) is 11.3 Å². The average molecular weight is 266 g/mol. The van der Waals surface area contributed by atoms with E-state index in [0.29, 0.717) is 11.6 Å². The van der Waals surface area contributed by atoms with Gasteiger partial charge in [0.05, 0.1) is 5.56 Å². The van der Waals surface area contributed by atoms with Crippen LogP contribution in [0.3, 0.4) is 0 Å². The first-order valence-electron chi connectivity index (χ1n) is 5.19. The topological polar surface area (TPSA) is 20.3 Å². The third-order valence-corrected chi connectivity index (χ3v) is 3.38. The molecular formula is C13H12ClNOS. The van der Waals surface area contributed by atoms with Crippen LogP contribution in [0.1, 0.15) is 15.9 Å². The van der Waals surface area contributed by atoms with Crippen molar-refractivity contribution in [2.45, 2.75) is 6.54 Å². The molecule has 0 spiro atoms. The molecular weight excluding hydrogens is 254 g/mol. The van der Waals surface area contributed by atoms with Gasteiger partial charge in [0.2, 0.25) is 0 Å². The molecule has 2 nitrogen and oxygen atoms in total. The second-order valence-corrected chi connectivity index (χ2v) is 5.02. The second kappa shape index (κ2) is 5.34. The zero-order chi connectivity index (χ0) is 12.3. The van der Waals surface area contributed by atoms with Crippen molar-refractivity contribution < 1.29 is 4.79 Å². The molecule has 0 unspecified atom stereocenters. The van der Waals surface area contributed by atoms with Gasteiger partial charge >= 0.3 is 0 Å². The van der Waals surface area contributed by atoms with E-state index in [1.807, 2.05) is 41.1 Å². The van der Waals surface area contributed by atoms with E-state index >= 15 is 0 Å². The number of benzene rings is 1. The molecule has 88 valence electrons. The lowest BCUT2D eigenvalue weighted by Crippen LogP contribution is -2.25. The Morgan fingerprint density at radius 1 is 1.29 bits per heavy atom. The van der Waals surface area contributed by atoms with Gasteiger partial charge in [-0.3, -0.25) is 4.79 Å². The molecule has 1 aromatic carbocycles. The third kappa shape index (κ3) is 3.08. The van der Waals surface area contributed by atoms with Crippen molar-refractivity contribution >= 4 is 28.8 Å². The first-order valence-corrected chi connectivity index (χ1v) is 6.51. The highest BCUT2D eigenvalue weighted by Crippen LogP contribution is 2.13. The minimum atomic E-state index is 0.0428. The van der Waals surface area contributed by atoms with Crippen LogP contribution in [-0.4, -0.2) is 17.9 Å². The number of rotatable bonds is 3. The molecule has 17 heavy (non-hydrogen) atoms. The van der Waals surface area contributed by atoms with Gasteiger partial charge in [-0.25, -0.2) is 0 Å². The molecule has 0 aliphatic carbocycles. The summed E-state index contributed by atoms with van der Waals surface area (Å²) in [6, 6.07) is 9.37. The molecule has 2 aromatic rings. The van der Waals surface area contributed by atoms with Crippen molar-refractivity contribution in [3.63, 3.8) is 0 Å². The summed E-state index contributed by atoms with van der Waals surface area (Å²) >= 11 is 7.34. The molecule has 1 aromatic heterocycles. The van der Waals surface area contributed by atoms with Crippen LogP contribution in [0.15, 0.2) is 41.1 Å². The number of halogens is 1. The fraction of sp³-hybridized carbons (Fsp3) is 0.154. The van der Waals surface area contributed by atoms with Gasteiger partial charge in [-0.05, 0) is 29.1 Å². The van der Waals surface area contributed by atoms with Gasteiger partial charge in [-0.15, -0.1) is 0 Å². The van der Waals surface area contributed by atoms with E-state index < -0.39 is 0 Å². The number of nitrogens with zero attached hydrogens (tertiary/aromatic N) is 1. The minimum absolute atomic E-state index is 0.0428. The third-order valence-electron chi connectivity index (χ3n) is 2.45. The lowest BCUT2D eigenvalue weighted by atomic mass is 10.2. The predicted octanol–water partition coefficient (Wildman–Crippen LogP) is 3.67. The van der Waals surface area contributed by atoms with Crippen LogP contribution < -0.4 is 0 Å². The fourth-order valence-corrected chi connectivity index (χ4v) is 2.30. The molecule has 0 aliphatic heterocycles. The van der Waals surface area contributed by atoms with Crippen LogP contribution in [0.2, 0.25) is 5.02 Å². The number of carbonyl (C=O) groups excluding carboxylic acids is 1. The first-order chi connectivity index (χ1) is 8.16. The minimum Gasteiger partial charge on any atom is -0.337 e. The molecule has 0 N–H and O–H groups in total. The molecule has 4 heteroatoms. The smallest absolute Gasteiger partial charge is 0.254 e.